The topological polar surface area (TPSA) is 15.3 Å². The quantitative estimate of drug-likeness (QED) is 0.822. The summed E-state index contributed by atoms with van der Waals surface area (Å²) in [4.78, 5) is 2.64. The van der Waals surface area contributed by atoms with Gasteiger partial charge in [-0.1, -0.05) is 31.2 Å². The maximum Gasteiger partial charge on any atom is 0.00218 e. The Hall–Kier alpha value is -0.860. The molecule has 1 N–H and O–H groups in total. The second-order valence-electron chi connectivity index (χ2n) is 6.10. The van der Waals surface area contributed by atoms with Crippen molar-refractivity contribution in [2.45, 2.75) is 39.0 Å². The molecule has 1 fully saturated rings. The van der Waals surface area contributed by atoms with Crippen molar-refractivity contribution < 1.29 is 0 Å². The van der Waals surface area contributed by atoms with E-state index in [1.807, 2.05) is 0 Å². The lowest BCUT2D eigenvalue weighted by Crippen LogP contribution is -2.35. The van der Waals surface area contributed by atoms with Crippen LogP contribution < -0.4 is 5.32 Å². The summed E-state index contributed by atoms with van der Waals surface area (Å²) in [7, 11) is 2.05. The molecule has 1 heterocycles. The van der Waals surface area contributed by atoms with Gasteiger partial charge in [-0.3, -0.25) is 0 Å². The van der Waals surface area contributed by atoms with Gasteiger partial charge in [-0.25, -0.2) is 0 Å². The molecule has 2 nitrogen and oxygen atoms in total. The summed E-state index contributed by atoms with van der Waals surface area (Å²) < 4.78 is 0. The number of likely N-dealkylation sites (tertiary alicyclic amines) is 1. The first-order chi connectivity index (χ1) is 9.81. The Morgan fingerprint density at radius 1 is 1.10 bits per heavy atom. The molecule has 2 rings (SSSR count). The summed E-state index contributed by atoms with van der Waals surface area (Å²) in [6, 6.07) is 9.16. The highest BCUT2D eigenvalue weighted by Crippen LogP contribution is 2.20. The first-order valence-electron chi connectivity index (χ1n) is 8.26. The number of nitrogens with zero attached hydrogens (tertiary/aromatic N) is 1. The zero-order valence-electron chi connectivity index (χ0n) is 13.2. The number of benzene rings is 1. The van der Waals surface area contributed by atoms with E-state index in [1.54, 1.807) is 0 Å². The second kappa shape index (κ2) is 8.43. The minimum Gasteiger partial charge on any atom is -0.320 e. The third-order valence-corrected chi connectivity index (χ3v) is 4.66. The molecule has 1 saturated heterocycles. The number of aryl methyl sites for hydroxylation is 1. The van der Waals surface area contributed by atoms with Crippen LogP contribution in [-0.4, -0.2) is 38.1 Å². The molecule has 0 amide bonds. The summed E-state index contributed by atoms with van der Waals surface area (Å²) in [5.74, 6) is 0.947. The van der Waals surface area contributed by atoms with E-state index in [0.717, 1.165) is 12.3 Å². The molecule has 0 saturated carbocycles. The Balaban J connectivity index is 1.67. The zero-order chi connectivity index (χ0) is 14.2. The number of piperidine rings is 1. The fourth-order valence-electron chi connectivity index (χ4n) is 3.08. The Kier molecular flexibility index (Phi) is 6.55. The fourth-order valence-corrected chi connectivity index (χ4v) is 3.08. The Bertz CT molecular complexity index is 364. The lowest BCUT2D eigenvalue weighted by atomic mass is 9.93. The van der Waals surface area contributed by atoms with Crippen molar-refractivity contribution in [2.24, 2.45) is 5.92 Å². The summed E-state index contributed by atoms with van der Waals surface area (Å²) >= 11 is 0. The number of hydrogen-bond acceptors (Lipinski definition) is 2. The Morgan fingerprint density at radius 2 is 1.75 bits per heavy atom. The normalized spacial score (nSPS) is 17.5. The van der Waals surface area contributed by atoms with Gasteiger partial charge >= 0.3 is 0 Å². The van der Waals surface area contributed by atoms with E-state index in [4.69, 9.17) is 0 Å². The largest absolute Gasteiger partial charge is 0.320 e. The van der Waals surface area contributed by atoms with Crippen molar-refractivity contribution in [3.8, 4) is 0 Å². The molecule has 0 bridgehead atoms. The van der Waals surface area contributed by atoms with Crippen LogP contribution in [0.25, 0.3) is 0 Å². The van der Waals surface area contributed by atoms with E-state index < -0.39 is 0 Å². The molecule has 0 unspecified atom stereocenters. The van der Waals surface area contributed by atoms with Gasteiger partial charge in [-0.05, 0) is 75.8 Å². The SMILES string of the molecule is CCc1ccc(CCN2CCC(CCNC)CC2)cc1. The summed E-state index contributed by atoms with van der Waals surface area (Å²) in [5.41, 5.74) is 2.93. The van der Waals surface area contributed by atoms with Crippen molar-refractivity contribution in [3.63, 3.8) is 0 Å². The maximum absolute atomic E-state index is 3.27. The molecule has 0 radical (unpaired) electrons. The highest BCUT2D eigenvalue weighted by atomic mass is 15.1. The highest BCUT2D eigenvalue weighted by molar-refractivity contribution is 5.22. The molecular formula is C18H30N2. The molecule has 112 valence electrons. The first kappa shape index (κ1) is 15.5. The molecular weight excluding hydrogens is 244 g/mol. The molecule has 1 aromatic rings. The Labute approximate surface area is 124 Å². The van der Waals surface area contributed by atoms with Gasteiger partial charge in [0.15, 0.2) is 0 Å². The van der Waals surface area contributed by atoms with Crippen molar-refractivity contribution in [1.82, 2.24) is 10.2 Å². The molecule has 1 aliphatic heterocycles. The monoisotopic (exact) mass is 274 g/mol. The first-order valence-corrected chi connectivity index (χ1v) is 8.26. The fraction of sp³-hybridized carbons (Fsp3) is 0.667. The minimum atomic E-state index is 0.947. The second-order valence-corrected chi connectivity index (χ2v) is 6.10. The van der Waals surface area contributed by atoms with Crippen LogP contribution >= 0.6 is 0 Å². The van der Waals surface area contributed by atoms with E-state index in [0.29, 0.717) is 0 Å². The predicted octanol–water partition coefficient (Wildman–Crippen LogP) is 3.11. The lowest BCUT2D eigenvalue weighted by molar-refractivity contribution is 0.181. The lowest BCUT2D eigenvalue weighted by Gasteiger charge is -2.32. The molecule has 0 spiro atoms. The van der Waals surface area contributed by atoms with Crippen LogP contribution in [0.15, 0.2) is 24.3 Å². The van der Waals surface area contributed by atoms with Crippen molar-refractivity contribution in [3.05, 3.63) is 35.4 Å². The third-order valence-electron chi connectivity index (χ3n) is 4.66. The van der Waals surface area contributed by atoms with E-state index in [-0.39, 0.29) is 0 Å². The molecule has 1 aromatic carbocycles. The van der Waals surface area contributed by atoms with Crippen LogP contribution in [0.4, 0.5) is 0 Å². The molecule has 0 aliphatic carbocycles. The molecule has 0 atom stereocenters. The molecule has 20 heavy (non-hydrogen) atoms. The van der Waals surface area contributed by atoms with Gasteiger partial charge in [-0.15, -0.1) is 0 Å². The molecule has 0 aromatic heterocycles. The van der Waals surface area contributed by atoms with Crippen LogP contribution in [0.2, 0.25) is 0 Å². The van der Waals surface area contributed by atoms with Crippen LogP contribution in [-0.2, 0) is 12.8 Å². The van der Waals surface area contributed by atoms with Crippen LogP contribution in [0.5, 0.6) is 0 Å². The van der Waals surface area contributed by atoms with Gasteiger partial charge in [-0.2, -0.15) is 0 Å². The zero-order valence-corrected chi connectivity index (χ0v) is 13.2. The summed E-state index contributed by atoms with van der Waals surface area (Å²) in [5, 5.41) is 3.27. The van der Waals surface area contributed by atoms with Crippen LogP contribution in [0.3, 0.4) is 0 Å². The number of rotatable bonds is 7. The van der Waals surface area contributed by atoms with E-state index in [2.05, 4.69) is 48.5 Å². The number of hydrogen-bond donors (Lipinski definition) is 1. The van der Waals surface area contributed by atoms with Gasteiger partial charge in [0.05, 0.1) is 0 Å². The van der Waals surface area contributed by atoms with Gasteiger partial charge < -0.3 is 10.2 Å². The van der Waals surface area contributed by atoms with Crippen molar-refractivity contribution >= 4 is 0 Å². The molecule has 2 heteroatoms. The number of nitrogens with one attached hydrogen (secondary N) is 1. The minimum absolute atomic E-state index is 0.947. The van der Waals surface area contributed by atoms with E-state index in [1.165, 1.54) is 63.0 Å². The van der Waals surface area contributed by atoms with Gasteiger partial charge in [0.2, 0.25) is 0 Å². The van der Waals surface area contributed by atoms with Gasteiger partial charge in [0.25, 0.3) is 0 Å². The standard InChI is InChI=1S/C18H30N2/c1-3-16-4-6-17(7-5-16)9-13-20-14-10-18(11-15-20)8-12-19-2/h4-7,18-19H,3,8-15H2,1-2H3. The van der Waals surface area contributed by atoms with Gasteiger partial charge in [0.1, 0.15) is 0 Å². The molecule has 1 aliphatic rings. The maximum atomic E-state index is 3.27. The average molecular weight is 274 g/mol. The van der Waals surface area contributed by atoms with E-state index in [9.17, 15) is 0 Å². The van der Waals surface area contributed by atoms with Crippen molar-refractivity contribution in [1.29, 1.82) is 0 Å². The average Bonchev–Trinajstić information content (AvgIpc) is 2.52. The summed E-state index contributed by atoms with van der Waals surface area (Å²) in [6.45, 7) is 7.20. The Morgan fingerprint density at radius 3 is 2.35 bits per heavy atom. The van der Waals surface area contributed by atoms with Crippen LogP contribution in [0.1, 0.15) is 37.3 Å². The predicted molar refractivity (Wildman–Crippen MR) is 87.2 cm³/mol. The van der Waals surface area contributed by atoms with E-state index >= 15 is 0 Å². The highest BCUT2D eigenvalue weighted by Gasteiger charge is 2.18. The van der Waals surface area contributed by atoms with Crippen LogP contribution in [0, 0.1) is 5.92 Å². The van der Waals surface area contributed by atoms with Gasteiger partial charge in [0, 0.05) is 6.54 Å². The smallest absolute Gasteiger partial charge is 0.00218 e. The van der Waals surface area contributed by atoms with Crippen molar-refractivity contribution in [2.75, 3.05) is 33.2 Å². The summed E-state index contributed by atoms with van der Waals surface area (Å²) in [6.07, 6.45) is 6.46. The third kappa shape index (κ3) is 4.92.